The van der Waals surface area contributed by atoms with Crippen LogP contribution < -0.4 is 0 Å². The Labute approximate surface area is 140 Å². The minimum absolute atomic E-state index is 1.31. The molecular weight excluding hydrogens is 264 g/mol. The maximum atomic E-state index is 2.43. The van der Waals surface area contributed by atoms with Crippen molar-refractivity contribution in [3.8, 4) is 0 Å². The first-order valence-corrected chi connectivity index (χ1v) is 10.3. The van der Waals surface area contributed by atoms with Gasteiger partial charge in [0.25, 0.3) is 0 Å². The van der Waals surface area contributed by atoms with Crippen molar-refractivity contribution < 1.29 is 0 Å². The topological polar surface area (TPSA) is 0 Å². The van der Waals surface area contributed by atoms with Crippen LogP contribution in [0, 0.1) is 0 Å². The molecule has 128 valence electrons. The molecule has 0 heteroatoms. The zero-order valence-electron chi connectivity index (χ0n) is 15.0. The van der Waals surface area contributed by atoms with Gasteiger partial charge in [-0.25, -0.2) is 0 Å². The molecule has 1 rings (SSSR count). The Morgan fingerprint density at radius 2 is 0.409 bits per heavy atom. The highest BCUT2D eigenvalue weighted by molar-refractivity contribution is 4.82. The summed E-state index contributed by atoms with van der Waals surface area (Å²) >= 11 is 0. The molecule has 0 heterocycles. The minimum Gasteiger partial charge on any atom is -0.0885 e. The number of rotatable bonds is 0. The van der Waals surface area contributed by atoms with Gasteiger partial charge in [-0.05, 0) is 51.4 Å². The lowest BCUT2D eigenvalue weighted by Crippen LogP contribution is -1.82. The van der Waals surface area contributed by atoms with E-state index >= 15 is 0 Å². The average Bonchev–Trinajstić information content (AvgIpc) is 2.53. The Morgan fingerprint density at radius 1 is 0.227 bits per heavy atom. The standard InChI is InChI=1S/C22H40/c1-2-4-6-8-10-12-14-16-18-20-22-21-19-17-15-13-11-9-7-5-3-1/h1-2,21-22H,3-20H2. The summed E-state index contributed by atoms with van der Waals surface area (Å²) in [5.74, 6) is 0. The van der Waals surface area contributed by atoms with Gasteiger partial charge in [0.15, 0.2) is 0 Å². The van der Waals surface area contributed by atoms with Crippen LogP contribution in [0.25, 0.3) is 0 Å². The second-order valence-corrected chi connectivity index (χ2v) is 7.05. The molecule has 0 saturated heterocycles. The van der Waals surface area contributed by atoms with Gasteiger partial charge >= 0.3 is 0 Å². The van der Waals surface area contributed by atoms with Crippen molar-refractivity contribution >= 4 is 0 Å². The van der Waals surface area contributed by atoms with E-state index in [-0.39, 0.29) is 0 Å². The van der Waals surface area contributed by atoms with Crippen molar-refractivity contribution in [1.29, 1.82) is 0 Å². The molecule has 0 fully saturated rings. The lowest BCUT2D eigenvalue weighted by Gasteiger charge is -2.02. The molecule has 1 aliphatic rings. The third kappa shape index (κ3) is 14.4. The quantitative estimate of drug-likeness (QED) is 0.396. The summed E-state index contributed by atoms with van der Waals surface area (Å²) in [6.07, 6.45) is 35.0. The fourth-order valence-corrected chi connectivity index (χ4v) is 3.29. The molecule has 0 atom stereocenters. The van der Waals surface area contributed by atoms with E-state index in [9.17, 15) is 0 Å². The van der Waals surface area contributed by atoms with Crippen LogP contribution >= 0.6 is 0 Å². The first-order chi connectivity index (χ1) is 11.0. The molecule has 0 aromatic rings. The van der Waals surface area contributed by atoms with Crippen molar-refractivity contribution in [2.24, 2.45) is 0 Å². The molecule has 0 aromatic heterocycles. The molecular formula is C22H40. The third-order valence-electron chi connectivity index (χ3n) is 4.82. The van der Waals surface area contributed by atoms with Crippen molar-refractivity contribution in [2.75, 3.05) is 0 Å². The minimum atomic E-state index is 1.31. The molecule has 0 unspecified atom stereocenters. The van der Waals surface area contributed by atoms with Crippen molar-refractivity contribution in [3.63, 3.8) is 0 Å². The Morgan fingerprint density at radius 3 is 0.636 bits per heavy atom. The van der Waals surface area contributed by atoms with Gasteiger partial charge in [0, 0.05) is 0 Å². The second kappa shape index (κ2) is 16.8. The summed E-state index contributed by atoms with van der Waals surface area (Å²) in [5, 5.41) is 0. The maximum absolute atomic E-state index is 2.43. The van der Waals surface area contributed by atoms with E-state index in [0.29, 0.717) is 0 Å². The summed E-state index contributed by atoms with van der Waals surface area (Å²) in [6, 6.07) is 0. The van der Waals surface area contributed by atoms with Crippen molar-refractivity contribution in [1.82, 2.24) is 0 Å². The Balaban J connectivity index is 2.10. The molecule has 0 bridgehead atoms. The van der Waals surface area contributed by atoms with Crippen LogP contribution in [0.1, 0.15) is 116 Å². The van der Waals surface area contributed by atoms with Crippen LogP contribution in [0.15, 0.2) is 24.3 Å². The molecule has 0 spiro atoms. The molecule has 1 aliphatic carbocycles. The molecule has 0 N–H and O–H groups in total. The van der Waals surface area contributed by atoms with Gasteiger partial charge in [-0.15, -0.1) is 0 Å². The zero-order valence-corrected chi connectivity index (χ0v) is 15.0. The third-order valence-corrected chi connectivity index (χ3v) is 4.82. The van der Waals surface area contributed by atoms with E-state index in [1.807, 2.05) is 0 Å². The van der Waals surface area contributed by atoms with Crippen LogP contribution in [-0.2, 0) is 0 Å². The predicted octanol–water partition coefficient (Wildman–Crippen LogP) is 8.13. The normalized spacial score (nSPS) is 22.5. The van der Waals surface area contributed by atoms with Crippen molar-refractivity contribution in [2.45, 2.75) is 116 Å². The van der Waals surface area contributed by atoms with Gasteiger partial charge in [-0.3, -0.25) is 0 Å². The largest absolute Gasteiger partial charge is 0.0885 e. The number of allylic oxidation sites excluding steroid dienone is 4. The van der Waals surface area contributed by atoms with Gasteiger partial charge in [0.05, 0.1) is 0 Å². The van der Waals surface area contributed by atoms with Crippen molar-refractivity contribution in [3.05, 3.63) is 24.3 Å². The second-order valence-electron chi connectivity index (χ2n) is 7.05. The predicted molar refractivity (Wildman–Crippen MR) is 101 cm³/mol. The summed E-state index contributed by atoms with van der Waals surface area (Å²) in [7, 11) is 0. The Hall–Kier alpha value is -0.520. The maximum Gasteiger partial charge on any atom is -0.0351 e. The fraction of sp³-hybridized carbons (Fsp3) is 0.818. The highest BCUT2D eigenvalue weighted by Gasteiger charge is 1.93. The SMILES string of the molecule is C1=CCCCCCCCCCC=CCCCCCCCCC1. The van der Waals surface area contributed by atoms with E-state index in [1.165, 1.54) is 116 Å². The van der Waals surface area contributed by atoms with Crippen LogP contribution in [0.4, 0.5) is 0 Å². The average molecular weight is 305 g/mol. The zero-order chi connectivity index (χ0) is 15.6. The van der Waals surface area contributed by atoms with E-state index in [2.05, 4.69) is 24.3 Å². The van der Waals surface area contributed by atoms with Crippen LogP contribution in [-0.4, -0.2) is 0 Å². The molecule has 0 amide bonds. The molecule has 0 saturated carbocycles. The lowest BCUT2D eigenvalue weighted by molar-refractivity contribution is 0.578. The van der Waals surface area contributed by atoms with E-state index in [4.69, 9.17) is 0 Å². The summed E-state index contributed by atoms with van der Waals surface area (Å²) < 4.78 is 0. The first-order valence-electron chi connectivity index (χ1n) is 10.3. The van der Waals surface area contributed by atoms with Crippen LogP contribution in [0.3, 0.4) is 0 Å². The smallest absolute Gasteiger partial charge is 0.0351 e. The Kier molecular flexibility index (Phi) is 15.0. The van der Waals surface area contributed by atoms with E-state index < -0.39 is 0 Å². The van der Waals surface area contributed by atoms with Gasteiger partial charge in [-0.1, -0.05) is 88.5 Å². The summed E-state index contributed by atoms with van der Waals surface area (Å²) in [6.45, 7) is 0. The van der Waals surface area contributed by atoms with Crippen LogP contribution in [0.2, 0.25) is 0 Å². The van der Waals surface area contributed by atoms with E-state index in [0.717, 1.165) is 0 Å². The van der Waals surface area contributed by atoms with Gasteiger partial charge < -0.3 is 0 Å². The number of hydrogen-bond donors (Lipinski definition) is 0. The lowest BCUT2D eigenvalue weighted by atomic mass is 10.0. The molecule has 22 heavy (non-hydrogen) atoms. The molecule has 0 aromatic carbocycles. The van der Waals surface area contributed by atoms with Gasteiger partial charge in [-0.2, -0.15) is 0 Å². The van der Waals surface area contributed by atoms with Gasteiger partial charge in [0.2, 0.25) is 0 Å². The van der Waals surface area contributed by atoms with Crippen LogP contribution in [0.5, 0.6) is 0 Å². The molecule has 0 aliphatic heterocycles. The highest BCUT2D eigenvalue weighted by atomic mass is 14.0. The van der Waals surface area contributed by atoms with Gasteiger partial charge in [0.1, 0.15) is 0 Å². The highest BCUT2D eigenvalue weighted by Crippen LogP contribution is 2.13. The fourth-order valence-electron chi connectivity index (χ4n) is 3.29. The summed E-state index contributed by atoms with van der Waals surface area (Å²) in [4.78, 5) is 0. The van der Waals surface area contributed by atoms with E-state index in [1.54, 1.807) is 0 Å². The first kappa shape index (κ1) is 19.5. The number of hydrogen-bond acceptors (Lipinski definition) is 0. The molecule has 0 radical (unpaired) electrons. The monoisotopic (exact) mass is 304 g/mol. The Bertz CT molecular complexity index is 209. The summed E-state index contributed by atoms with van der Waals surface area (Å²) in [5.41, 5.74) is 0. The molecule has 0 nitrogen and oxygen atoms in total.